The number of halogens is 2. The minimum Gasteiger partial charge on any atom is -0.333 e. The Morgan fingerprint density at radius 2 is 2.00 bits per heavy atom. The zero-order chi connectivity index (χ0) is 19.1. The summed E-state index contributed by atoms with van der Waals surface area (Å²) in [4.78, 5) is 26.5. The number of thioether (sulfide) groups is 1. The summed E-state index contributed by atoms with van der Waals surface area (Å²) < 4.78 is 13.1. The highest BCUT2D eigenvalue weighted by Gasteiger charge is 2.12. The van der Waals surface area contributed by atoms with Crippen LogP contribution in [0.1, 0.15) is 5.56 Å². The average molecular weight is 393 g/mol. The van der Waals surface area contributed by atoms with Gasteiger partial charge in [0.15, 0.2) is 0 Å². The van der Waals surface area contributed by atoms with Crippen molar-refractivity contribution in [1.29, 1.82) is 0 Å². The molecule has 0 radical (unpaired) electrons. The van der Waals surface area contributed by atoms with E-state index in [1.54, 1.807) is 0 Å². The molecule has 0 fully saturated rings. The van der Waals surface area contributed by atoms with Gasteiger partial charge in [-0.3, -0.25) is 9.59 Å². The molecule has 0 aliphatic carbocycles. The molecule has 0 heterocycles. The summed E-state index contributed by atoms with van der Waals surface area (Å²) >= 11 is 7.23. The number of hydrogen-bond acceptors (Lipinski definition) is 3. The maximum atomic E-state index is 13.1. The Balaban J connectivity index is 1.94. The number of likely N-dealkylation sites (N-methyl/N-ethyl adjacent to an activating group) is 1. The molecule has 0 saturated carbocycles. The number of amides is 2. The number of anilines is 1. The van der Waals surface area contributed by atoms with E-state index in [2.05, 4.69) is 5.32 Å². The van der Waals surface area contributed by atoms with Crippen LogP contribution < -0.4 is 5.32 Å². The van der Waals surface area contributed by atoms with Crippen LogP contribution in [0.5, 0.6) is 0 Å². The fourth-order valence-electron chi connectivity index (χ4n) is 2.14. The van der Waals surface area contributed by atoms with Gasteiger partial charge in [0.2, 0.25) is 11.8 Å². The molecule has 0 atom stereocenters. The molecule has 2 rings (SSSR count). The zero-order valence-corrected chi connectivity index (χ0v) is 15.9. The van der Waals surface area contributed by atoms with E-state index in [0.29, 0.717) is 11.3 Å². The quantitative estimate of drug-likeness (QED) is 0.588. The number of carbonyl (C=O) groups is 2. The molecule has 0 saturated heterocycles. The van der Waals surface area contributed by atoms with Crippen LogP contribution in [0.25, 0.3) is 6.08 Å². The van der Waals surface area contributed by atoms with Gasteiger partial charge >= 0.3 is 0 Å². The first-order valence-corrected chi connectivity index (χ1v) is 9.32. The van der Waals surface area contributed by atoms with Crippen molar-refractivity contribution >= 4 is 46.9 Å². The Hall–Kier alpha value is -2.31. The van der Waals surface area contributed by atoms with Crippen molar-refractivity contribution < 1.29 is 14.0 Å². The van der Waals surface area contributed by atoms with Crippen molar-refractivity contribution in [2.75, 3.05) is 25.2 Å². The van der Waals surface area contributed by atoms with Gasteiger partial charge in [-0.2, -0.15) is 0 Å². The van der Waals surface area contributed by atoms with Gasteiger partial charge in [-0.05, 0) is 42.2 Å². The summed E-state index contributed by atoms with van der Waals surface area (Å²) in [6, 6.07) is 11.6. The molecule has 2 aromatic rings. The highest BCUT2D eigenvalue weighted by Crippen LogP contribution is 2.24. The zero-order valence-electron chi connectivity index (χ0n) is 14.3. The van der Waals surface area contributed by atoms with Gasteiger partial charge in [0.05, 0.1) is 17.3 Å². The number of carbonyl (C=O) groups excluding carboxylic acids is 2. The first kappa shape index (κ1) is 20.0. The van der Waals surface area contributed by atoms with Gasteiger partial charge in [-0.1, -0.05) is 29.8 Å². The largest absolute Gasteiger partial charge is 0.333 e. The maximum Gasteiger partial charge on any atom is 0.246 e. The monoisotopic (exact) mass is 392 g/mol. The molecule has 136 valence electrons. The lowest BCUT2D eigenvalue weighted by molar-refractivity contribution is -0.129. The Kier molecular flexibility index (Phi) is 7.24. The van der Waals surface area contributed by atoms with Crippen LogP contribution >= 0.6 is 23.4 Å². The highest BCUT2D eigenvalue weighted by atomic mass is 35.5. The smallest absolute Gasteiger partial charge is 0.246 e. The van der Waals surface area contributed by atoms with Crippen molar-refractivity contribution in [2.24, 2.45) is 0 Å². The number of nitrogens with one attached hydrogen (secondary N) is 1. The summed E-state index contributed by atoms with van der Waals surface area (Å²) in [6.45, 7) is -0.0872. The molecule has 1 N–H and O–H groups in total. The van der Waals surface area contributed by atoms with Crippen LogP contribution in [0.3, 0.4) is 0 Å². The summed E-state index contributed by atoms with van der Waals surface area (Å²) in [7, 11) is 1.53. The van der Waals surface area contributed by atoms with Crippen molar-refractivity contribution in [3.05, 3.63) is 64.9 Å². The SMILES string of the molecule is CSc1ccccc1NC(=O)CN(C)C(=O)C=Cc1ccc(F)c(Cl)c1. The standard InChI is InChI=1S/C19H18ClFN2O2S/c1-23(12-18(24)22-16-5-3-4-6-17(16)26-2)19(25)10-8-13-7-9-15(21)14(20)11-13/h3-11H,12H2,1-2H3,(H,22,24). The van der Waals surface area contributed by atoms with Gasteiger partial charge in [0, 0.05) is 18.0 Å². The average Bonchev–Trinajstić information content (AvgIpc) is 2.62. The number of nitrogens with zero attached hydrogens (tertiary/aromatic N) is 1. The van der Waals surface area contributed by atoms with Crippen molar-refractivity contribution in [3.63, 3.8) is 0 Å². The molecule has 0 unspecified atom stereocenters. The van der Waals surface area contributed by atoms with E-state index in [1.807, 2.05) is 30.5 Å². The second-order valence-electron chi connectivity index (χ2n) is 5.45. The van der Waals surface area contributed by atoms with Gasteiger partial charge in [0.1, 0.15) is 5.82 Å². The predicted octanol–water partition coefficient (Wildman–Crippen LogP) is 4.31. The summed E-state index contributed by atoms with van der Waals surface area (Å²) in [5, 5.41) is 2.78. The van der Waals surface area contributed by atoms with E-state index in [0.717, 1.165) is 4.90 Å². The molecule has 4 nitrogen and oxygen atoms in total. The number of rotatable bonds is 6. The minimum absolute atomic E-state index is 0.0141. The lowest BCUT2D eigenvalue weighted by atomic mass is 10.2. The third-order valence-corrected chi connectivity index (χ3v) is 4.59. The van der Waals surface area contributed by atoms with Gasteiger partial charge in [0.25, 0.3) is 0 Å². The van der Waals surface area contributed by atoms with E-state index < -0.39 is 5.82 Å². The van der Waals surface area contributed by atoms with Crippen molar-refractivity contribution in [1.82, 2.24) is 4.90 Å². The number of benzene rings is 2. The van der Waals surface area contributed by atoms with Crippen LogP contribution in [0.2, 0.25) is 5.02 Å². The fraction of sp³-hybridized carbons (Fsp3) is 0.158. The molecule has 26 heavy (non-hydrogen) atoms. The number of hydrogen-bond donors (Lipinski definition) is 1. The second-order valence-corrected chi connectivity index (χ2v) is 6.70. The molecule has 0 spiro atoms. The van der Waals surface area contributed by atoms with E-state index >= 15 is 0 Å². The van der Waals surface area contributed by atoms with Crippen molar-refractivity contribution in [2.45, 2.75) is 4.90 Å². The third kappa shape index (κ3) is 5.61. The van der Waals surface area contributed by atoms with Gasteiger partial charge in [-0.25, -0.2) is 4.39 Å². The topological polar surface area (TPSA) is 49.4 Å². The van der Waals surface area contributed by atoms with Crippen LogP contribution in [0.15, 0.2) is 53.4 Å². The third-order valence-electron chi connectivity index (χ3n) is 3.50. The van der Waals surface area contributed by atoms with Crippen LogP contribution in [-0.4, -0.2) is 36.6 Å². The second kappa shape index (κ2) is 9.40. The molecule has 0 bridgehead atoms. The first-order valence-electron chi connectivity index (χ1n) is 7.72. The Morgan fingerprint density at radius 1 is 1.27 bits per heavy atom. The Bertz CT molecular complexity index is 842. The maximum absolute atomic E-state index is 13.1. The Morgan fingerprint density at radius 3 is 2.69 bits per heavy atom. The lowest BCUT2D eigenvalue weighted by Crippen LogP contribution is -2.33. The summed E-state index contributed by atoms with van der Waals surface area (Å²) in [6.07, 6.45) is 4.75. The highest BCUT2D eigenvalue weighted by molar-refractivity contribution is 7.98. The normalized spacial score (nSPS) is 10.8. The summed E-state index contributed by atoms with van der Waals surface area (Å²) in [5.41, 5.74) is 1.30. The molecule has 0 aromatic heterocycles. The molecule has 0 aliphatic heterocycles. The van der Waals surface area contributed by atoms with Crippen LogP contribution in [0.4, 0.5) is 10.1 Å². The Labute approximate surface area is 161 Å². The number of para-hydroxylation sites is 1. The minimum atomic E-state index is -0.519. The molecular formula is C19H18ClFN2O2S. The van der Waals surface area contributed by atoms with Crippen molar-refractivity contribution in [3.8, 4) is 0 Å². The molecule has 7 heteroatoms. The lowest BCUT2D eigenvalue weighted by Gasteiger charge is -2.15. The molecule has 0 aliphatic rings. The fourth-order valence-corrected chi connectivity index (χ4v) is 2.88. The summed E-state index contributed by atoms with van der Waals surface area (Å²) in [5.74, 6) is -1.16. The first-order chi connectivity index (χ1) is 12.4. The van der Waals surface area contributed by atoms with E-state index in [4.69, 9.17) is 11.6 Å². The predicted molar refractivity (Wildman–Crippen MR) is 105 cm³/mol. The van der Waals surface area contributed by atoms with E-state index in [1.165, 1.54) is 54.1 Å². The van der Waals surface area contributed by atoms with E-state index in [9.17, 15) is 14.0 Å². The van der Waals surface area contributed by atoms with E-state index in [-0.39, 0.29) is 23.4 Å². The molecule has 2 amide bonds. The van der Waals surface area contributed by atoms with Gasteiger partial charge < -0.3 is 10.2 Å². The van der Waals surface area contributed by atoms with Gasteiger partial charge in [-0.15, -0.1) is 11.8 Å². The molecular weight excluding hydrogens is 375 g/mol. The van der Waals surface area contributed by atoms with Crippen LogP contribution in [0, 0.1) is 5.82 Å². The molecule has 2 aromatic carbocycles. The van der Waals surface area contributed by atoms with Crippen LogP contribution in [-0.2, 0) is 9.59 Å².